The van der Waals surface area contributed by atoms with Crippen LogP contribution in [-0.2, 0) is 12.6 Å². The van der Waals surface area contributed by atoms with Crippen molar-refractivity contribution in [2.75, 3.05) is 5.73 Å². The highest BCUT2D eigenvalue weighted by atomic mass is 35.5. The summed E-state index contributed by atoms with van der Waals surface area (Å²) in [6, 6.07) is 3.87. The second-order valence-electron chi connectivity index (χ2n) is 3.65. The molecule has 18 heavy (non-hydrogen) atoms. The first kappa shape index (κ1) is 13.2. The van der Waals surface area contributed by atoms with Crippen LogP contribution >= 0.6 is 22.9 Å². The number of anilines is 1. The summed E-state index contributed by atoms with van der Waals surface area (Å²) in [5.41, 5.74) is 5.17. The monoisotopic (exact) mass is 292 g/mol. The summed E-state index contributed by atoms with van der Waals surface area (Å²) in [6.45, 7) is 0. The highest BCUT2D eigenvalue weighted by Crippen LogP contribution is 2.35. The van der Waals surface area contributed by atoms with Gasteiger partial charge in [0.05, 0.1) is 10.6 Å². The summed E-state index contributed by atoms with van der Waals surface area (Å²) in [4.78, 5) is 4.66. The molecule has 1 heterocycles. The van der Waals surface area contributed by atoms with Crippen molar-refractivity contribution in [1.29, 1.82) is 0 Å². The number of hydrogen-bond donors (Lipinski definition) is 1. The summed E-state index contributed by atoms with van der Waals surface area (Å²) in [6.07, 6.45) is -2.53. The number of hydrogen-bond acceptors (Lipinski definition) is 3. The van der Waals surface area contributed by atoms with Crippen LogP contribution in [0.15, 0.2) is 24.4 Å². The third-order valence-corrected chi connectivity index (χ3v) is 3.44. The van der Waals surface area contributed by atoms with Crippen LogP contribution in [0.25, 0.3) is 0 Å². The molecule has 0 spiro atoms. The number of halogens is 4. The molecule has 7 heteroatoms. The van der Waals surface area contributed by atoms with Crippen molar-refractivity contribution in [3.63, 3.8) is 0 Å². The summed E-state index contributed by atoms with van der Waals surface area (Å²) in [7, 11) is 0. The minimum atomic E-state index is -4.44. The summed E-state index contributed by atoms with van der Waals surface area (Å²) in [5, 5.41) is 0.102. The average Bonchev–Trinajstić information content (AvgIpc) is 2.65. The van der Waals surface area contributed by atoms with Gasteiger partial charge in [0.2, 0.25) is 0 Å². The number of nitrogens with zero attached hydrogens (tertiary/aromatic N) is 1. The predicted octanol–water partition coefficient (Wildman–Crippen LogP) is 3.99. The minimum Gasteiger partial charge on any atom is -0.375 e. The minimum absolute atomic E-state index is 0.296. The van der Waals surface area contributed by atoms with E-state index in [0.717, 1.165) is 10.9 Å². The Bertz CT molecular complexity index is 566. The van der Waals surface area contributed by atoms with Crippen molar-refractivity contribution in [2.45, 2.75) is 12.6 Å². The fourth-order valence-corrected chi connectivity index (χ4v) is 2.45. The number of benzene rings is 1. The van der Waals surface area contributed by atoms with Gasteiger partial charge in [0.15, 0.2) is 5.13 Å². The van der Waals surface area contributed by atoms with Gasteiger partial charge in [0, 0.05) is 17.5 Å². The van der Waals surface area contributed by atoms with Crippen LogP contribution < -0.4 is 5.73 Å². The van der Waals surface area contributed by atoms with E-state index in [9.17, 15) is 13.2 Å². The largest absolute Gasteiger partial charge is 0.417 e. The van der Waals surface area contributed by atoms with Crippen LogP contribution in [0.4, 0.5) is 18.3 Å². The van der Waals surface area contributed by atoms with E-state index >= 15 is 0 Å². The number of nitrogen functional groups attached to an aromatic ring is 1. The van der Waals surface area contributed by atoms with Gasteiger partial charge in [-0.15, -0.1) is 11.3 Å². The summed E-state index contributed by atoms with van der Waals surface area (Å²) >= 11 is 6.79. The zero-order valence-electron chi connectivity index (χ0n) is 8.96. The maximum atomic E-state index is 12.7. The van der Waals surface area contributed by atoms with Crippen LogP contribution in [0.3, 0.4) is 0 Å². The zero-order valence-corrected chi connectivity index (χ0v) is 10.5. The molecule has 0 radical (unpaired) electrons. The van der Waals surface area contributed by atoms with Gasteiger partial charge in [-0.3, -0.25) is 0 Å². The first-order chi connectivity index (χ1) is 8.36. The van der Waals surface area contributed by atoms with Crippen LogP contribution in [0.2, 0.25) is 5.02 Å². The smallest absolute Gasteiger partial charge is 0.375 e. The van der Waals surface area contributed by atoms with Gasteiger partial charge in [0.25, 0.3) is 0 Å². The van der Waals surface area contributed by atoms with Gasteiger partial charge in [-0.25, -0.2) is 4.98 Å². The molecule has 1 aromatic heterocycles. The molecule has 0 aliphatic carbocycles. The van der Waals surface area contributed by atoms with E-state index in [2.05, 4.69) is 4.98 Å². The lowest BCUT2D eigenvalue weighted by Crippen LogP contribution is -2.06. The van der Waals surface area contributed by atoms with E-state index in [1.165, 1.54) is 17.4 Å². The highest BCUT2D eigenvalue weighted by Gasteiger charge is 2.33. The fourth-order valence-electron chi connectivity index (χ4n) is 1.51. The molecule has 96 valence electrons. The maximum Gasteiger partial charge on any atom is 0.417 e. The molecule has 1 aromatic carbocycles. The Balaban J connectivity index is 2.30. The third kappa shape index (κ3) is 2.94. The zero-order chi connectivity index (χ0) is 13.3. The van der Waals surface area contributed by atoms with Crippen LogP contribution in [0.5, 0.6) is 0 Å². The number of thiazole rings is 1. The molecule has 0 bridgehead atoms. The molecular formula is C11H8ClF3N2S. The Labute approximate surface area is 110 Å². The van der Waals surface area contributed by atoms with E-state index in [1.807, 2.05) is 0 Å². The first-order valence-electron chi connectivity index (χ1n) is 4.92. The van der Waals surface area contributed by atoms with Crippen molar-refractivity contribution >= 4 is 28.1 Å². The van der Waals surface area contributed by atoms with Crippen molar-refractivity contribution < 1.29 is 13.2 Å². The van der Waals surface area contributed by atoms with Crippen molar-refractivity contribution in [3.05, 3.63) is 45.4 Å². The van der Waals surface area contributed by atoms with Gasteiger partial charge in [-0.1, -0.05) is 17.7 Å². The number of nitrogens with two attached hydrogens (primary N) is 1. The van der Waals surface area contributed by atoms with Gasteiger partial charge in [-0.05, 0) is 17.7 Å². The molecule has 2 N–H and O–H groups in total. The van der Waals surface area contributed by atoms with Gasteiger partial charge >= 0.3 is 6.18 Å². The topological polar surface area (TPSA) is 38.9 Å². The summed E-state index contributed by atoms with van der Waals surface area (Å²) in [5.74, 6) is 0. The van der Waals surface area contributed by atoms with Crippen molar-refractivity contribution in [3.8, 4) is 0 Å². The molecule has 0 saturated heterocycles. The maximum absolute atomic E-state index is 12.7. The molecule has 2 aromatic rings. The second kappa shape index (κ2) is 4.78. The van der Waals surface area contributed by atoms with Crippen LogP contribution in [0.1, 0.15) is 16.0 Å². The Morgan fingerprint density at radius 3 is 2.61 bits per heavy atom. The quantitative estimate of drug-likeness (QED) is 0.909. The standard InChI is InChI=1S/C11H8ClF3N2S/c12-9-2-1-6(4-8(9)11(13,14)15)3-7-5-17-10(16)18-7/h1-2,4-5H,3H2,(H2,16,17). The Hall–Kier alpha value is -1.27. The fraction of sp³-hybridized carbons (Fsp3) is 0.182. The Morgan fingerprint density at radius 2 is 2.06 bits per heavy atom. The van der Waals surface area contributed by atoms with E-state index in [0.29, 0.717) is 17.1 Å². The average molecular weight is 293 g/mol. The molecule has 0 unspecified atom stereocenters. The highest BCUT2D eigenvalue weighted by molar-refractivity contribution is 7.15. The molecule has 0 atom stereocenters. The lowest BCUT2D eigenvalue weighted by molar-refractivity contribution is -0.137. The SMILES string of the molecule is Nc1ncc(Cc2ccc(Cl)c(C(F)(F)F)c2)s1. The van der Waals surface area contributed by atoms with Gasteiger partial charge in [0.1, 0.15) is 0 Å². The van der Waals surface area contributed by atoms with Gasteiger partial charge < -0.3 is 5.73 Å². The first-order valence-corrected chi connectivity index (χ1v) is 6.11. The molecule has 0 saturated carbocycles. The predicted molar refractivity (Wildman–Crippen MR) is 65.8 cm³/mol. The summed E-state index contributed by atoms with van der Waals surface area (Å²) < 4.78 is 38.0. The van der Waals surface area contributed by atoms with Crippen LogP contribution in [0, 0.1) is 0 Å². The normalized spacial score (nSPS) is 11.8. The lowest BCUT2D eigenvalue weighted by Gasteiger charge is -2.10. The van der Waals surface area contributed by atoms with Crippen molar-refractivity contribution in [1.82, 2.24) is 4.98 Å². The van der Waals surface area contributed by atoms with Gasteiger partial charge in [-0.2, -0.15) is 13.2 Å². The second-order valence-corrected chi connectivity index (χ2v) is 5.21. The Kier molecular flexibility index (Phi) is 3.49. The Morgan fingerprint density at radius 1 is 1.33 bits per heavy atom. The number of alkyl halides is 3. The van der Waals surface area contributed by atoms with E-state index in [1.54, 1.807) is 12.3 Å². The molecule has 0 aliphatic rings. The van der Waals surface area contributed by atoms with E-state index < -0.39 is 11.7 Å². The lowest BCUT2D eigenvalue weighted by atomic mass is 10.1. The molecule has 0 aliphatic heterocycles. The van der Waals surface area contributed by atoms with E-state index in [4.69, 9.17) is 17.3 Å². The van der Waals surface area contributed by atoms with E-state index in [-0.39, 0.29) is 5.02 Å². The molecule has 2 nitrogen and oxygen atoms in total. The third-order valence-electron chi connectivity index (χ3n) is 2.29. The van der Waals surface area contributed by atoms with Crippen molar-refractivity contribution in [2.24, 2.45) is 0 Å². The molecule has 0 amide bonds. The molecular weight excluding hydrogens is 285 g/mol. The number of aromatic nitrogens is 1. The van der Waals surface area contributed by atoms with Crippen LogP contribution in [-0.4, -0.2) is 4.98 Å². The number of rotatable bonds is 2. The molecule has 0 fully saturated rings. The molecule has 2 rings (SSSR count).